The summed E-state index contributed by atoms with van der Waals surface area (Å²) in [4.78, 5) is 22.8. The quantitative estimate of drug-likeness (QED) is 0.338. The number of carbonyl (C=O) groups is 1. The smallest absolute Gasteiger partial charge is 0.271 e. The van der Waals surface area contributed by atoms with Crippen molar-refractivity contribution in [2.75, 3.05) is 30.3 Å². The van der Waals surface area contributed by atoms with Gasteiger partial charge in [0.15, 0.2) is 0 Å². The van der Waals surface area contributed by atoms with Crippen LogP contribution in [0.4, 0.5) is 11.4 Å². The van der Waals surface area contributed by atoms with Crippen LogP contribution in [0.3, 0.4) is 0 Å². The number of carbonyl (C=O) groups excluding carboxylic acids is 1. The van der Waals surface area contributed by atoms with E-state index in [9.17, 15) is 23.3 Å². The van der Waals surface area contributed by atoms with E-state index >= 15 is 0 Å². The number of nitro benzene ring substituents is 1. The van der Waals surface area contributed by atoms with Gasteiger partial charge in [0.1, 0.15) is 18.9 Å². The molecule has 0 aliphatic carbocycles. The Morgan fingerprint density at radius 2 is 1.90 bits per heavy atom. The van der Waals surface area contributed by atoms with Crippen LogP contribution in [-0.4, -0.2) is 45.2 Å². The molecule has 0 atom stereocenters. The Bertz CT molecular complexity index is 1050. The molecule has 0 aliphatic heterocycles. The topological polar surface area (TPSA) is 119 Å². The monoisotopic (exact) mass is 449 g/mol. The molecule has 1 amide bonds. The summed E-state index contributed by atoms with van der Waals surface area (Å²) in [6.45, 7) is 5.62. The van der Waals surface area contributed by atoms with E-state index in [1.807, 2.05) is 24.3 Å². The molecule has 0 bridgehead atoms. The standard InChI is InChI=1S/C21H27N3O6S/c1-15(2)18-7-5-6-8-20(18)30-12-11-22-21(25)14-23(31(4,28)29)19-13-17(24(26)27)10-9-16(19)3/h5-10,13,15H,11-12,14H2,1-4H3,(H,22,25). The molecule has 0 aromatic heterocycles. The number of hydrogen-bond donors (Lipinski definition) is 1. The molecule has 9 nitrogen and oxygen atoms in total. The van der Waals surface area contributed by atoms with Crippen LogP contribution in [0.15, 0.2) is 42.5 Å². The largest absolute Gasteiger partial charge is 0.491 e. The first-order chi connectivity index (χ1) is 14.5. The number of nitrogens with one attached hydrogen (secondary N) is 1. The fourth-order valence-electron chi connectivity index (χ4n) is 2.99. The number of anilines is 1. The summed E-state index contributed by atoms with van der Waals surface area (Å²) >= 11 is 0. The first kappa shape index (κ1) is 24.1. The number of benzene rings is 2. The Kier molecular flexibility index (Phi) is 7.98. The summed E-state index contributed by atoms with van der Waals surface area (Å²) < 4.78 is 31.1. The van der Waals surface area contributed by atoms with Crippen molar-refractivity contribution >= 4 is 27.3 Å². The summed E-state index contributed by atoms with van der Waals surface area (Å²) in [6.07, 6.45) is 0.949. The highest BCUT2D eigenvalue weighted by molar-refractivity contribution is 7.92. The summed E-state index contributed by atoms with van der Waals surface area (Å²) in [7, 11) is -3.85. The van der Waals surface area contributed by atoms with Crippen LogP contribution in [0.5, 0.6) is 5.75 Å². The lowest BCUT2D eigenvalue weighted by Gasteiger charge is -2.23. The highest BCUT2D eigenvalue weighted by atomic mass is 32.2. The Morgan fingerprint density at radius 1 is 1.23 bits per heavy atom. The summed E-state index contributed by atoms with van der Waals surface area (Å²) in [5, 5.41) is 13.7. The lowest BCUT2D eigenvalue weighted by atomic mass is 10.0. The molecule has 1 N–H and O–H groups in total. The number of amides is 1. The third-order valence-corrected chi connectivity index (χ3v) is 5.71. The predicted molar refractivity (Wildman–Crippen MR) is 119 cm³/mol. The van der Waals surface area contributed by atoms with Gasteiger partial charge in [0.05, 0.1) is 23.4 Å². The molecule has 2 aromatic rings. The Morgan fingerprint density at radius 3 is 2.52 bits per heavy atom. The summed E-state index contributed by atoms with van der Waals surface area (Å²) in [5.41, 5.74) is 1.39. The van der Waals surface area contributed by atoms with Crippen LogP contribution in [-0.2, 0) is 14.8 Å². The molecule has 0 spiro atoms. The van der Waals surface area contributed by atoms with Gasteiger partial charge in [-0.05, 0) is 30.0 Å². The minimum absolute atomic E-state index is 0.0916. The van der Waals surface area contributed by atoms with E-state index in [-0.39, 0.29) is 30.4 Å². The van der Waals surface area contributed by atoms with Gasteiger partial charge < -0.3 is 10.1 Å². The average Bonchev–Trinajstić information content (AvgIpc) is 2.69. The number of hydrogen-bond acceptors (Lipinski definition) is 6. The van der Waals surface area contributed by atoms with Crippen molar-refractivity contribution < 1.29 is 22.9 Å². The molecule has 0 radical (unpaired) electrons. The van der Waals surface area contributed by atoms with Gasteiger partial charge in [0, 0.05) is 12.1 Å². The van der Waals surface area contributed by atoms with E-state index < -0.39 is 27.4 Å². The maximum Gasteiger partial charge on any atom is 0.271 e. The van der Waals surface area contributed by atoms with Gasteiger partial charge in [0.2, 0.25) is 15.9 Å². The fraction of sp³-hybridized carbons (Fsp3) is 0.381. The molecule has 2 rings (SSSR count). The van der Waals surface area contributed by atoms with Gasteiger partial charge in [-0.2, -0.15) is 0 Å². The molecule has 0 saturated carbocycles. The number of para-hydroxylation sites is 1. The van der Waals surface area contributed by atoms with Crippen LogP contribution >= 0.6 is 0 Å². The molecule has 0 heterocycles. The summed E-state index contributed by atoms with van der Waals surface area (Å²) in [6, 6.07) is 11.5. The first-order valence-corrected chi connectivity index (χ1v) is 11.6. The van der Waals surface area contributed by atoms with Gasteiger partial charge in [-0.25, -0.2) is 8.42 Å². The van der Waals surface area contributed by atoms with Crippen LogP contribution in [0.1, 0.15) is 30.9 Å². The molecule has 10 heteroatoms. The minimum atomic E-state index is -3.85. The normalized spacial score (nSPS) is 11.3. The van der Waals surface area contributed by atoms with Crippen molar-refractivity contribution in [3.63, 3.8) is 0 Å². The third-order valence-electron chi connectivity index (χ3n) is 4.58. The van der Waals surface area contributed by atoms with Crippen molar-refractivity contribution in [3.05, 3.63) is 63.7 Å². The van der Waals surface area contributed by atoms with Crippen LogP contribution in [0.2, 0.25) is 0 Å². The molecule has 0 fully saturated rings. The Hall–Kier alpha value is -3.14. The second-order valence-electron chi connectivity index (χ2n) is 7.39. The number of rotatable bonds is 10. The minimum Gasteiger partial charge on any atom is -0.491 e. The maximum atomic E-state index is 12.4. The zero-order valence-electron chi connectivity index (χ0n) is 18.0. The van der Waals surface area contributed by atoms with E-state index in [2.05, 4.69) is 19.2 Å². The molecular formula is C21H27N3O6S. The highest BCUT2D eigenvalue weighted by Crippen LogP contribution is 2.27. The van der Waals surface area contributed by atoms with E-state index in [1.54, 1.807) is 6.92 Å². The van der Waals surface area contributed by atoms with Crippen LogP contribution < -0.4 is 14.4 Å². The molecule has 0 saturated heterocycles. The highest BCUT2D eigenvalue weighted by Gasteiger charge is 2.24. The zero-order chi connectivity index (χ0) is 23.2. The van der Waals surface area contributed by atoms with E-state index in [0.29, 0.717) is 5.56 Å². The molecule has 31 heavy (non-hydrogen) atoms. The Labute approximate surface area is 182 Å². The number of nitro groups is 1. The van der Waals surface area contributed by atoms with Gasteiger partial charge in [0.25, 0.3) is 5.69 Å². The van der Waals surface area contributed by atoms with E-state index in [4.69, 9.17) is 4.74 Å². The van der Waals surface area contributed by atoms with E-state index in [1.165, 1.54) is 12.1 Å². The first-order valence-electron chi connectivity index (χ1n) is 9.72. The van der Waals surface area contributed by atoms with Crippen molar-refractivity contribution in [1.82, 2.24) is 5.32 Å². The predicted octanol–water partition coefficient (Wildman–Crippen LogP) is 2.99. The Balaban J connectivity index is 2.03. The number of aryl methyl sites for hydroxylation is 1. The lowest BCUT2D eigenvalue weighted by molar-refractivity contribution is -0.384. The molecular weight excluding hydrogens is 422 g/mol. The van der Waals surface area contributed by atoms with Crippen molar-refractivity contribution in [2.45, 2.75) is 26.7 Å². The van der Waals surface area contributed by atoms with E-state index in [0.717, 1.165) is 27.9 Å². The molecule has 0 unspecified atom stereocenters. The molecule has 2 aromatic carbocycles. The van der Waals surface area contributed by atoms with Gasteiger partial charge >= 0.3 is 0 Å². The SMILES string of the molecule is Cc1ccc([N+](=O)[O-])cc1N(CC(=O)NCCOc1ccccc1C(C)C)S(C)(=O)=O. The second kappa shape index (κ2) is 10.3. The van der Waals surface area contributed by atoms with Gasteiger partial charge in [-0.1, -0.05) is 38.1 Å². The fourth-order valence-corrected chi connectivity index (χ4v) is 3.89. The maximum absolute atomic E-state index is 12.4. The van der Waals surface area contributed by atoms with Crippen molar-refractivity contribution in [3.8, 4) is 5.75 Å². The van der Waals surface area contributed by atoms with Gasteiger partial charge in [-0.3, -0.25) is 19.2 Å². The van der Waals surface area contributed by atoms with Crippen LogP contribution in [0, 0.1) is 17.0 Å². The number of ether oxygens (including phenoxy) is 1. The summed E-state index contributed by atoms with van der Waals surface area (Å²) in [5.74, 6) is 0.473. The second-order valence-corrected chi connectivity index (χ2v) is 9.30. The van der Waals surface area contributed by atoms with Crippen LogP contribution in [0.25, 0.3) is 0 Å². The molecule has 168 valence electrons. The number of sulfonamides is 1. The number of non-ortho nitro benzene ring substituents is 1. The number of nitrogens with zero attached hydrogens (tertiary/aromatic N) is 2. The third kappa shape index (κ3) is 6.68. The van der Waals surface area contributed by atoms with Crippen molar-refractivity contribution in [1.29, 1.82) is 0 Å². The molecule has 0 aliphatic rings. The average molecular weight is 450 g/mol. The lowest BCUT2D eigenvalue weighted by Crippen LogP contribution is -2.41. The zero-order valence-corrected chi connectivity index (χ0v) is 18.8. The van der Waals surface area contributed by atoms with Gasteiger partial charge in [-0.15, -0.1) is 0 Å². The van der Waals surface area contributed by atoms with Crippen molar-refractivity contribution in [2.24, 2.45) is 0 Å².